The van der Waals surface area contributed by atoms with Gasteiger partial charge in [-0.1, -0.05) is 24.3 Å². The molecule has 18 heavy (non-hydrogen) atoms. The van der Waals surface area contributed by atoms with Gasteiger partial charge in [0.15, 0.2) is 6.61 Å². The lowest BCUT2D eigenvalue weighted by Crippen LogP contribution is -2.09. The van der Waals surface area contributed by atoms with Gasteiger partial charge in [-0.25, -0.2) is 4.79 Å². The average molecular weight is 244 g/mol. The van der Waals surface area contributed by atoms with Crippen LogP contribution in [0.25, 0.3) is 0 Å². The zero-order valence-corrected chi connectivity index (χ0v) is 9.58. The molecule has 0 atom stereocenters. The predicted octanol–water partition coefficient (Wildman–Crippen LogP) is 2.94. The lowest BCUT2D eigenvalue weighted by Gasteiger charge is -2.07. The van der Waals surface area contributed by atoms with Crippen molar-refractivity contribution in [2.24, 2.45) is 0 Å². The van der Waals surface area contributed by atoms with Crippen molar-refractivity contribution >= 4 is 5.97 Å². The molecule has 0 aromatic heterocycles. The van der Waals surface area contributed by atoms with Gasteiger partial charge >= 0.3 is 5.97 Å². The van der Waals surface area contributed by atoms with E-state index in [4.69, 9.17) is 14.6 Å². The highest BCUT2D eigenvalue weighted by Gasteiger charge is 2.02. The SMILES string of the molecule is O=C(O)COc1cccc(Oc2ccccc2)c1. The number of ether oxygens (including phenoxy) is 2. The van der Waals surface area contributed by atoms with Gasteiger partial charge in [0.05, 0.1) is 0 Å². The molecule has 2 aromatic rings. The molecule has 0 heterocycles. The summed E-state index contributed by atoms with van der Waals surface area (Å²) in [7, 11) is 0. The number of hydrogen-bond acceptors (Lipinski definition) is 3. The zero-order chi connectivity index (χ0) is 12.8. The van der Waals surface area contributed by atoms with E-state index in [1.165, 1.54) is 0 Å². The first-order valence-corrected chi connectivity index (χ1v) is 5.41. The molecule has 0 spiro atoms. The van der Waals surface area contributed by atoms with E-state index in [9.17, 15) is 4.79 Å². The number of benzene rings is 2. The average Bonchev–Trinajstić information content (AvgIpc) is 2.38. The summed E-state index contributed by atoms with van der Waals surface area (Å²) in [6.07, 6.45) is 0. The molecule has 0 aliphatic carbocycles. The van der Waals surface area contributed by atoms with Crippen LogP contribution in [-0.2, 0) is 4.79 Å². The minimum Gasteiger partial charge on any atom is -0.482 e. The van der Waals surface area contributed by atoms with E-state index in [1.807, 2.05) is 30.3 Å². The third-order valence-corrected chi connectivity index (χ3v) is 2.15. The second-order valence-corrected chi connectivity index (χ2v) is 3.57. The van der Waals surface area contributed by atoms with Crippen LogP contribution in [0.1, 0.15) is 0 Å². The van der Waals surface area contributed by atoms with Crippen molar-refractivity contribution in [2.45, 2.75) is 0 Å². The number of aliphatic carboxylic acids is 1. The molecular weight excluding hydrogens is 232 g/mol. The zero-order valence-electron chi connectivity index (χ0n) is 9.58. The second kappa shape index (κ2) is 5.72. The molecule has 92 valence electrons. The van der Waals surface area contributed by atoms with Crippen LogP contribution >= 0.6 is 0 Å². The molecule has 0 radical (unpaired) electrons. The standard InChI is InChI=1S/C14H12O4/c15-14(16)10-17-12-7-4-8-13(9-12)18-11-5-2-1-3-6-11/h1-9H,10H2,(H,15,16). The fourth-order valence-electron chi connectivity index (χ4n) is 1.40. The maximum Gasteiger partial charge on any atom is 0.341 e. The van der Waals surface area contributed by atoms with Crippen molar-refractivity contribution in [1.29, 1.82) is 0 Å². The van der Waals surface area contributed by atoms with Gasteiger partial charge in [0.2, 0.25) is 0 Å². The monoisotopic (exact) mass is 244 g/mol. The molecule has 0 saturated heterocycles. The first kappa shape index (κ1) is 12.0. The van der Waals surface area contributed by atoms with Gasteiger partial charge in [0, 0.05) is 6.07 Å². The lowest BCUT2D eigenvalue weighted by molar-refractivity contribution is -0.139. The van der Waals surface area contributed by atoms with Gasteiger partial charge in [-0.05, 0) is 24.3 Å². The number of carboxylic acids is 1. The van der Waals surface area contributed by atoms with Gasteiger partial charge in [0.1, 0.15) is 17.2 Å². The maximum atomic E-state index is 10.4. The summed E-state index contributed by atoms with van der Waals surface area (Å²) in [5.74, 6) is 0.771. The van der Waals surface area contributed by atoms with Crippen molar-refractivity contribution in [1.82, 2.24) is 0 Å². The highest BCUT2D eigenvalue weighted by molar-refractivity contribution is 5.68. The van der Waals surface area contributed by atoms with E-state index >= 15 is 0 Å². The molecular formula is C14H12O4. The van der Waals surface area contributed by atoms with Crippen molar-refractivity contribution in [3.63, 3.8) is 0 Å². The molecule has 4 heteroatoms. The normalized spacial score (nSPS) is 9.78. The first-order chi connectivity index (χ1) is 8.74. The molecule has 0 amide bonds. The molecule has 0 unspecified atom stereocenters. The van der Waals surface area contributed by atoms with Gasteiger partial charge in [-0.15, -0.1) is 0 Å². The topological polar surface area (TPSA) is 55.8 Å². The van der Waals surface area contributed by atoms with Crippen molar-refractivity contribution < 1.29 is 19.4 Å². The van der Waals surface area contributed by atoms with E-state index in [1.54, 1.807) is 24.3 Å². The number of rotatable bonds is 5. The van der Waals surface area contributed by atoms with E-state index < -0.39 is 5.97 Å². The Morgan fingerprint density at radius 3 is 2.33 bits per heavy atom. The molecule has 2 aromatic carbocycles. The molecule has 0 bridgehead atoms. The Hall–Kier alpha value is -2.49. The van der Waals surface area contributed by atoms with E-state index in [-0.39, 0.29) is 6.61 Å². The third-order valence-electron chi connectivity index (χ3n) is 2.15. The van der Waals surface area contributed by atoms with E-state index in [0.29, 0.717) is 17.2 Å². The van der Waals surface area contributed by atoms with Crippen LogP contribution < -0.4 is 9.47 Å². The van der Waals surface area contributed by atoms with E-state index in [0.717, 1.165) is 0 Å². The van der Waals surface area contributed by atoms with Crippen molar-refractivity contribution in [3.8, 4) is 17.2 Å². The molecule has 1 N–H and O–H groups in total. The summed E-state index contributed by atoms with van der Waals surface area (Å²) in [6.45, 7) is -0.366. The summed E-state index contributed by atoms with van der Waals surface area (Å²) >= 11 is 0. The largest absolute Gasteiger partial charge is 0.482 e. The van der Waals surface area contributed by atoms with Crippen LogP contribution in [0.4, 0.5) is 0 Å². The minimum absolute atomic E-state index is 0.366. The van der Waals surface area contributed by atoms with Crippen LogP contribution in [-0.4, -0.2) is 17.7 Å². The van der Waals surface area contributed by atoms with Gasteiger partial charge in [0.25, 0.3) is 0 Å². The summed E-state index contributed by atoms with van der Waals surface area (Å²) in [6, 6.07) is 16.2. The minimum atomic E-state index is -1.01. The summed E-state index contributed by atoms with van der Waals surface area (Å²) in [5.41, 5.74) is 0. The Kier molecular flexibility index (Phi) is 3.81. The third kappa shape index (κ3) is 3.52. The van der Waals surface area contributed by atoms with Gasteiger partial charge in [-0.2, -0.15) is 0 Å². The summed E-state index contributed by atoms with van der Waals surface area (Å²) in [4.78, 5) is 10.4. The number of carbonyl (C=O) groups is 1. The van der Waals surface area contributed by atoms with Crippen molar-refractivity contribution in [2.75, 3.05) is 6.61 Å². The summed E-state index contributed by atoms with van der Waals surface area (Å²) < 4.78 is 10.7. The molecule has 2 rings (SSSR count). The van der Waals surface area contributed by atoms with Crippen LogP contribution in [0, 0.1) is 0 Å². The Morgan fingerprint density at radius 2 is 1.61 bits per heavy atom. The second-order valence-electron chi connectivity index (χ2n) is 3.57. The smallest absolute Gasteiger partial charge is 0.341 e. The van der Waals surface area contributed by atoms with E-state index in [2.05, 4.69) is 0 Å². The van der Waals surface area contributed by atoms with Crippen LogP contribution in [0.3, 0.4) is 0 Å². The van der Waals surface area contributed by atoms with Crippen LogP contribution in [0.2, 0.25) is 0 Å². The van der Waals surface area contributed by atoms with Gasteiger partial charge in [-0.3, -0.25) is 0 Å². The molecule has 0 aliphatic rings. The quantitative estimate of drug-likeness (QED) is 0.878. The Balaban J connectivity index is 2.05. The number of hydrogen-bond donors (Lipinski definition) is 1. The van der Waals surface area contributed by atoms with Crippen LogP contribution in [0.5, 0.6) is 17.2 Å². The number of para-hydroxylation sites is 1. The first-order valence-electron chi connectivity index (χ1n) is 5.41. The summed E-state index contributed by atoms with van der Waals surface area (Å²) in [5, 5.41) is 8.52. The van der Waals surface area contributed by atoms with Crippen LogP contribution in [0.15, 0.2) is 54.6 Å². The Bertz CT molecular complexity index is 522. The molecule has 4 nitrogen and oxygen atoms in total. The fraction of sp³-hybridized carbons (Fsp3) is 0.0714. The lowest BCUT2D eigenvalue weighted by atomic mass is 10.3. The van der Waals surface area contributed by atoms with Gasteiger partial charge < -0.3 is 14.6 Å². The molecule has 0 saturated carbocycles. The number of carboxylic acid groups (broad SMARTS) is 1. The Morgan fingerprint density at radius 1 is 0.944 bits per heavy atom. The predicted molar refractivity (Wildman–Crippen MR) is 66.1 cm³/mol. The van der Waals surface area contributed by atoms with Crippen molar-refractivity contribution in [3.05, 3.63) is 54.6 Å². The molecule has 0 fully saturated rings. The molecule has 0 aliphatic heterocycles. The fourth-order valence-corrected chi connectivity index (χ4v) is 1.40. The maximum absolute atomic E-state index is 10.4. The Labute approximate surface area is 104 Å². The highest BCUT2D eigenvalue weighted by atomic mass is 16.5. The highest BCUT2D eigenvalue weighted by Crippen LogP contribution is 2.24.